The quantitative estimate of drug-likeness (QED) is 0.0921. The van der Waals surface area contributed by atoms with E-state index in [4.69, 9.17) is 0 Å². The maximum absolute atomic E-state index is 10.8. The first-order chi connectivity index (χ1) is 28.7. The van der Waals surface area contributed by atoms with Crippen LogP contribution in [0.25, 0.3) is 24.3 Å². The molecule has 8 aromatic rings. The molecule has 0 heterocycles. The van der Waals surface area contributed by atoms with Crippen molar-refractivity contribution in [1.29, 1.82) is 0 Å². The Morgan fingerprint density at radius 2 is 0.414 bits per heavy atom. The highest BCUT2D eigenvalue weighted by Gasteiger charge is 2.12. The lowest BCUT2D eigenvalue weighted by Crippen LogP contribution is -2.09. The highest BCUT2D eigenvalue weighted by atomic mass is 16.1. The van der Waals surface area contributed by atoms with E-state index < -0.39 is 0 Å². The highest BCUT2D eigenvalue weighted by molar-refractivity contribution is 5.81. The number of benzene rings is 8. The van der Waals surface area contributed by atoms with Crippen LogP contribution >= 0.6 is 0 Å². The summed E-state index contributed by atoms with van der Waals surface area (Å²) in [5.41, 5.74) is 12.4. The van der Waals surface area contributed by atoms with Gasteiger partial charge in [0, 0.05) is 45.3 Å². The molecule has 0 fully saturated rings. The molecule has 0 unspecified atom stereocenters. The summed E-state index contributed by atoms with van der Waals surface area (Å²) in [5, 5.41) is 0. The van der Waals surface area contributed by atoms with Gasteiger partial charge in [0.25, 0.3) is 0 Å². The molecule has 0 radical (unpaired) electrons. The van der Waals surface area contributed by atoms with Gasteiger partial charge in [0.15, 0.2) is 0 Å². The summed E-state index contributed by atoms with van der Waals surface area (Å²) in [6, 6.07) is 73.6. The Hall–Kier alpha value is -7.82. The van der Waals surface area contributed by atoms with Crippen LogP contribution in [0.15, 0.2) is 218 Å². The largest absolute Gasteiger partial charge is 0.311 e. The topological polar surface area (TPSA) is 40.6 Å². The van der Waals surface area contributed by atoms with E-state index in [0.717, 1.165) is 69.0 Å². The maximum Gasteiger partial charge on any atom is 0.150 e. The minimum atomic E-state index is 0.688. The third-order valence-corrected chi connectivity index (χ3v) is 9.44. The molecule has 0 amide bonds. The molecule has 0 saturated carbocycles. The third kappa shape index (κ3) is 10.3. The number of para-hydroxylation sites is 4. The third-order valence-electron chi connectivity index (χ3n) is 9.44. The molecule has 0 aliphatic carbocycles. The molecule has 4 heteroatoms. The monoisotopic (exact) mass is 750 g/mol. The zero-order valence-corrected chi connectivity index (χ0v) is 32.0. The summed E-state index contributed by atoms with van der Waals surface area (Å²) < 4.78 is 0. The van der Waals surface area contributed by atoms with Gasteiger partial charge < -0.3 is 9.80 Å². The average molecular weight is 751 g/mol. The second-order valence-corrected chi connectivity index (χ2v) is 13.4. The average Bonchev–Trinajstić information content (AvgIpc) is 3.31. The molecular weight excluding hydrogens is 709 g/mol. The molecule has 0 saturated heterocycles. The number of hydrogen-bond acceptors (Lipinski definition) is 4. The van der Waals surface area contributed by atoms with E-state index in [-0.39, 0.29) is 0 Å². The number of carbonyl (C=O) groups excluding carboxylic acids is 2. The van der Waals surface area contributed by atoms with Crippen LogP contribution in [0.4, 0.5) is 34.1 Å². The number of anilines is 6. The summed E-state index contributed by atoms with van der Waals surface area (Å²) in [4.78, 5) is 26.0. The van der Waals surface area contributed by atoms with Crippen molar-refractivity contribution in [2.45, 2.75) is 0 Å². The number of nitrogens with zero attached hydrogens (tertiary/aromatic N) is 2. The van der Waals surface area contributed by atoms with Crippen molar-refractivity contribution in [2.24, 2.45) is 0 Å². The smallest absolute Gasteiger partial charge is 0.150 e. The lowest BCUT2D eigenvalue weighted by atomic mass is 10.1. The van der Waals surface area contributed by atoms with Crippen molar-refractivity contribution in [1.82, 2.24) is 0 Å². The minimum absolute atomic E-state index is 0.688. The van der Waals surface area contributed by atoms with Crippen molar-refractivity contribution in [2.75, 3.05) is 9.80 Å². The molecule has 8 aromatic carbocycles. The van der Waals surface area contributed by atoms with Gasteiger partial charge in [0.1, 0.15) is 12.6 Å². The normalized spacial score (nSPS) is 10.8. The molecule has 280 valence electrons. The molecule has 58 heavy (non-hydrogen) atoms. The summed E-state index contributed by atoms with van der Waals surface area (Å²) in [5.74, 6) is 0. The van der Waals surface area contributed by atoms with Gasteiger partial charge in [-0.1, -0.05) is 170 Å². The molecule has 0 N–H and O–H groups in total. The Bertz CT molecular complexity index is 2270. The van der Waals surface area contributed by atoms with Crippen molar-refractivity contribution >= 4 is 71.0 Å². The van der Waals surface area contributed by atoms with Gasteiger partial charge in [-0.15, -0.1) is 0 Å². The molecule has 0 aliphatic heterocycles. The molecule has 0 bridgehead atoms. The van der Waals surface area contributed by atoms with E-state index >= 15 is 0 Å². The molecule has 4 nitrogen and oxygen atoms in total. The van der Waals surface area contributed by atoms with Crippen LogP contribution in [-0.4, -0.2) is 12.6 Å². The van der Waals surface area contributed by atoms with E-state index in [1.165, 1.54) is 0 Å². The Morgan fingerprint density at radius 3 is 0.638 bits per heavy atom. The van der Waals surface area contributed by atoms with Gasteiger partial charge in [0.2, 0.25) is 0 Å². The SMILES string of the molecule is O=Cc1ccc(/C=C/c2ccc(N(c3ccccc3)c3ccccc3)cc2)cc1.O=Cc1ccc(/C=C/c2ccc(N(c3ccccc3)c3ccccc3)cc2)cc1. The summed E-state index contributed by atoms with van der Waals surface area (Å²) >= 11 is 0. The Labute approximate surface area is 340 Å². The van der Waals surface area contributed by atoms with Crippen molar-refractivity contribution in [3.63, 3.8) is 0 Å². The standard InChI is InChI=1S/2C27H21NO/c2*29-21-24-15-13-22(14-16-24)11-12-23-17-19-27(20-18-23)28(25-7-3-1-4-8-25)26-9-5-2-6-10-26/h2*1-21H/b2*12-11+. The fourth-order valence-corrected chi connectivity index (χ4v) is 6.43. The predicted octanol–water partition coefficient (Wildman–Crippen LogP) is 14.3. The fourth-order valence-electron chi connectivity index (χ4n) is 6.43. The first-order valence-corrected chi connectivity index (χ1v) is 19.1. The van der Waals surface area contributed by atoms with E-state index in [2.05, 4.69) is 180 Å². The molecule has 0 aliphatic rings. The lowest BCUT2D eigenvalue weighted by molar-refractivity contribution is 0.111. The van der Waals surface area contributed by atoms with Gasteiger partial charge in [-0.3, -0.25) is 9.59 Å². The van der Waals surface area contributed by atoms with Gasteiger partial charge in [-0.2, -0.15) is 0 Å². The van der Waals surface area contributed by atoms with Gasteiger partial charge in [-0.05, 0) is 95.1 Å². The second-order valence-electron chi connectivity index (χ2n) is 13.4. The molecule has 0 spiro atoms. The van der Waals surface area contributed by atoms with Crippen molar-refractivity contribution < 1.29 is 9.59 Å². The number of hydrogen-bond donors (Lipinski definition) is 0. The molecule has 0 aromatic heterocycles. The fraction of sp³-hybridized carbons (Fsp3) is 0. The Kier molecular flexibility index (Phi) is 13.0. The first kappa shape index (κ1) is 38.5. The highest BCUT2D eigenvalue weighted by Crippen LogP contribution is 2.35. The van der Waals surface area contributed by atoms with Gasteiger partial charge in [-0.25, -0.2) is 0 Å². The summed E-state index contributed by atoms with van der Waals surface area (Å²) in [7, 11) is 0. The Balaban J connectivity index is 0.000000177. The van der Waals surface area contributed by atoms with Crippen molar-refractivity contribution in [3.05, 3.63) is 252 Å². The second kappa shape index (κ2) is 19.7. The number of aldehydes is 2. The van der Waals surface area contributed by atoms with Crippen LogP contribution in [0.3, 0.4) is 0 Å². The maximum atomic E-state index is 10.8. The van der Waals surface area contributed by atoms with E-state index in [1.807, 2.05) is 72.8 Å². The van der Waals surface area contributed by atoms with Gasteiger partial charge >= 0.3 is 0 Å². The summed E-state index contributed by atoms with van der Waals surface area (Å²) in [6.45, 7) is 0. The molecule has 8 rings (SSSR count). The zero-order valence-electron chi connectivity index (χ0n) is 32.0. The molecular formula is C54H42N2O2. The first-order valence-electron chi connectivity index (χ1n) is 19.1. The molecule has 0 atom stereocenters. The van der Waals surface area contributed by atoms with E-state index in [9.17, 15) is 9.59 Å². The minimum Gasteiger partial charge on any atom is -0.311 e. The van der Waals surface area contributed by atoms with Crippen LogP contribution in [0.2, 0.25) is 0 Å². The van der Waals surface area contributed by atoms with Crippen LogP contribution in [0.1, 0.15) is 43.0 Å². The zero-order chi connectivity index (χ0) is 39.8. The van der Waals surface area contributed by atoms with Crippen LogP contribution in [0, 0.1) is 0 Å². The van der Waals surface area contributed by atoms with Crippen LogP contribution in [-0.2, 0) is 0 Å². The predicted molar refractivity (Wildman–Crippen MR) is 244 cm³/mol. The number of rotatable bonds is 12. The van der Waals surface area contributed by atoms with Crippen LogP contribution in [0.5, 0.6) is 0 Å². The van der Waals surface area contributed by atoms with Crippen molar-refractivity contribution in [3.8, 4) is 0 Å². The van der Waals surface area contributed by atoms with E-state index in [0.29, 0.717) is 11.1 Å². The van der Waals surface area contributed by atoms with Gasteiger partial charge in [0.05, 0.1) is 0 Å². The Morgan fingerprint density at radius 1 is 0.224 bits per heavy atom. The number of carbonyl (C=O) groups is 2. The van der Waals surface area contributed by atoms with Crippen LogP contribution < -0.4 is 9.80 Å². The lowest BCUT2D eigenvalue weighted by Gasteiger charge is -2.25. The van der Waals surface area contributed by atoms with E-state index in [1.54, 1.807) is 0 Å². The summed E-state index contributed by atoms with van der Waals surface area (Å²) in [6.07, 6.45) is 9.98.